The number of ether oxygens (including phenoxy) is 1. The third-order valence-electron chi connectivity index (χ3n) is 1.90. The maximum atomic E-state index is 11.5. The lowest BCUT2D eigenvalue weighted by Crippen LogP contribution is -2.43. The number of Topliss-reactive ketones (excluding diaryl/α,β-unsaturated/α-hetero) is 1. The molecule has 0 saturated carbocycles. The van der Waals surface area contributed by atoms with Crippen LogP contribution in [0, 0.1) is 0 Å². The van der Waals surface area contributed by atoms with Crippen molar-refractivity contribution in [3.8, 4) is 0 Å². The lowest BCUT2D eigenvalue weighted by Gasteiger charge is -2.22. The van der Waals surface area contributed by atoms with Crippen molar-refractivity contribution in [2.45, 2.75) is 46.3 Å². The molecule has 0 aromatic carbocycles. The van der Waals surface area contributed by atoms with Crippen LogP contribution in [-0.4, -0.2) is 23.5 Å². The van der Waals surface area contributed by atoms with E-state index in [9.17, 15) is 9.59 Å². The monoisotopic (exact) mass is 239 g/mol. The quantitative estimate of drug-likeness (QED) is 0.767. The number of carbonyl (C=O) groups excluding carboxylic acids is 2. The molecule has 0 fully saturated rings. The first-order chi connectivity index (χ1) is 7.67. The number of alkyl carbamates (subject to hydrolysis) is 1. The third kappa shape index (κ3) is 6.56. The fraction of sp³-hybridized carbons (Fsp3) is 0.538. The standard InChI is InChI=1S/C13H21NO3/c1-7-8-9(2)11(10(3)15)14-12(16)17-13(4,5)6/h7-8,11H,1H2,2-6H3,(H,14,16)/b9-8+. The molecule has 0 saturated heterocycles. The highest BCUT2D eigenvalue weighted by Crippen LogP contribution is 2.09. The van der Waals surface area contributed by atoms with Crippen LogP contribution in [0.4, 0.5) is 4.79 Å². The van der Waals surface area contributed by atoms with E-state index >= 15 is 0 Å². The van der Waals surface area contributed by atoms with Crippen LogP contribution < -0.4 is 5.32 Å². The molecule has 96 valence electrons. The van der Waals surface area contributed by atoms with Crippen molar-refractivity contribution in [1.29, 1.82) is 0 Å². The minimum Gasteiger partial charge on any atom is -0.444 e. The molecule has 0 aromatic heterocycles. The van der Waals surface area contributed by atoms with Gasteiger partial charge in [0.2, 0.25) is 0 Å². The van der Waals surface area contributed by atoms with Gasteiger partial charge < -0.3 is 10.1 Å². The molecule has 0 aliphatic carbocycles. The van der Waals surface area contributed by atoms with Crippen LogP contribution in [0.1, 0.15) is 34.6 Å². The lowest BCUT2D eigenvalue weighted by atomic mass is 10.1. The van der Waals surface area contributed by atoms with Gasteiger partial charge in [-0.3, -0.25) is 4.79 Å². The molecule has 17 heavy (non-hydrogen) atoms. The molecule has 1 unspecified atom stereocenters. The molecular formula is C13H21NO3. The van der Waals surface area contributed by atoms with Crippen LogP contribution in [-0.2, 0) is 9.53 Å². The van der Waals surface area contributed by atoms with Gasteiger partial charge in [0, 0.05) is 0 Å². The predicted molar refractivity (Wildman–Crippen MR) is 67.8 cm³/mol. The Morgan fingerprint density at radius 3 is 2.18 bits per heavy atom. The molecule has 0 aliphatic heterocycles. The van der Waals surface area contributed by atoms with Crippen molar-refractivity contribution in [2.24, 2.45) is 0 Å². The summed E-state index contributed by atoms with van der Waals surface area (Å²) in [5, 5.41) is 2.53. The second kappa shape index (κ2) is 6.23. The van der Waals surface area contributed by atoms with Gasteiger partial charge in [-0.05, 0) is 40.2 Å². The molecule has 0 rings (SSSR count). The molecule has 0 aliphatic rings. The normalized spacial score (nSPS) is 13.8. The average molecular weight is 239 g/mol. The summed E-state index contributed by atoms with van der Waals surface area (Å²) in [4.78, 5) is 23.0. The summed E-state index contributed by atoms with van der Waals surface area (Å²) in [7, 11) is 0. The van der Waals surface area contributed by atoms with Gasteiger partial charge in [-0.15, -0.1) is 0 Å². The van der Waals surface area contributed by atoms with Crippen molar-refractivity contribution >= 4 is 11.9 Å². The Morgan fingerprint density at radius 2 is 1.82 bits per heavy atom. The lowest BCUT2D eigenvalue weighted by molar-refractivity contribution is -0.118. The van der Waals surface area contributed by atoms with Gasteiger partial charge >= 0.3 is 6.09 Å². The second-order valence-corrected chi connectivity index (χ2v) is 4.84. The van der Waals surface area contributed by atoms with Crippen molar-refractivity contribution < 1.29 is 14.3 Å². The number of hydrogen-bond donors (Lipinski definition) is 1. The number of ketones is 1. The highest BCUT2D eigenvalue weighted by molar-refractivity contribution is 5.88. The van der Waals surface area contributed by atoms with E-state index in [1.807, 2.05) is 0 Å². The highest BCUT2D eigenvalue weighted by atomic mass is 16.6. The highest BCUT2D eigenvalue weighted by Gasteiger charge is 2.22. The Bertz CT molecular complexity index is 337. The molecule has 1 N–H and O–H groups in total. The summed E-state index contributed by atoms with van der Waals surface area (Å²) in [5.41, 5.74) is 0.139. The molecule has 0 heterocycles. The molecular weight excluding hydrogens is 218 g/mol. The van der Waals surface area contributed by atoms with Gasteiger partial charge in [0.25, 0.3) is 0 Å². The first-order valence-corrected chi connectivity index (χ1v) is 5.46. The Kier molecular flexibility index (Phi) is 5.65. The minimum absolute atomic E-state index is 0.147. The van der Waals surface area contributed by atoms with Crippen LogP contribution in [0.25, 0.3) is 0 Å². The van der Waals surface area contributed by atoms with Gasteiger partial charge in [-0.1, -0.05) is 18.7 Å². The zero-order chi connectivity index (χ0) is 13.6. The van der Waals surface area contributed by atoms with Gasteiger partial charge in [0.05, 0.1) is 0 Å². The van der Waals surface area contributed by atoms with Crippen molar-refractivity contribution in [3.63, 3.8) is 0 Å². The topological polar surface area (TPSA) is 55.4 Å². The molecule has 0 radical (unpaired) electrons. The minimum atomic E-state index is -0.664. The first-order valence-electron chi connectivity index (χ1n) is 5.46. The Hall–Kier alpha value is -1.58. The van der Waals surface area contributed by atoms with Gasteiger partial charge in [0.1, 0.15) is 11.6 Å². The number of amides is 1. The van der Waals surface area contributed by atoms with E-state index in [0.717, 1.165) is 5.57 Å². The maximum absolute atomic E-state index is 11.5. The zero-order valence-electron chi connectivity index (χ0n) is 11.2. The van der Waals surface area contributed by atoms with E-state index < -0.39 is 17.7 Å². The van der Waals surface area contributed by atoms with Crippen LogP contribution in [0.3, 0.4) is 0 Å². The summed E-state index contributed by atoms with van der Waals surface area (Å²) >= 11 is 0. The number of carbonyl (C=O) groups is 2. The van der Waals surface area contributed by atoms with Gasteiger partial charge in [-0.2, -0.15) is 0 Å². The summed E-state index contributed by atoms with van der Waals surface area (Å²) in [6, 6.07) is -0.664. The predicted octanol–water partition coefficient (Wildman–Crippen LogP) is 2.60. The Labute approximate surface area is 103 Å². The largest absolute Gasteiger partial charge is 0.444 e. The average Bonchev–Trinajstić information content (AvgIpc) is 2.11. The third-order valence-corrected chi connectivity index (χ3v) is 1.90. The Balaban J connectivity index is 4.68. The fourth-order valence-electron chi connectivity index (χ4n) is 1.24. The maximum Gasteiger partial charge on any atom is 0.408 e. The summed E-state index contributed by atoms with van der Waals surface area (Å²) < 4.78 is 5.09. The smallest absolute Gasteiger partial charge is 0.408 e. The summed E-state index contributed by atoms with van der Waals surface area (Å²) in [6.45, 7) is 12.0. The van der Waals surface area contributed by atoms with Gasteiger partial charge in [-0.25, -0.2) is 4.79 Å². The molecule has 4 nitrogen and oxygen atoms in total. The van der Waals surface area contributed by atoms with Crippen molar-refractivity contribution in [3.05, 3.63) is 24.3 Å². The number of rotatable bonds is 4. The van der Waals surface area contributed by atoms with Crippen LogP contribution >= 0.6 is 0 Å². The number of allylic oxidation sites excluding steroid dienone is 2. The molecule has 1 atom stereocenters. The number of hydrogen-bond acceptors (Lipinski definition) is 3. The zero-order valence-corrected chi connectivity index (χ0v) is 11.2. The first kappa shape index (κ1) is 15.4. The van der Waals surface area contributed by atoms with E-state index in [4.69, 9.17) is 4.74 Å². The fourth-order valence-corrected chi connectivity index (χ4v) is 1.24. The summed E-state index contributed by atoms with van der Waals surface area (Å²) in [5.74, 6) is -0.147. The Morgan fingerprint density at radius 1 is 1.29 bits per heavy atom. The molecule has 0 spiro atoms. The van der Waals surface area contributed by atoms with Crippen LogP contribution in [0.2, 0.25) is 0 Å². The molecule has 4 heteroatoms. The molecule has 0 bridgehead atoms. The van der Waals surface area contributed by atoms with Crippen molar-refractivity contribution in [2.75, 3.05) is 0 Å². The molecule has 0 aromatic rings. The molecule has 1 amide bonds. The van der Waals surface area contributed by atoms with Gasteiger partial charge in [0.15, 0.2) is 5.78 Å². The van der Waals surface area contributed by atoms with Crippen LogP contribution in [0.5, 0.6) is 0 Å². The second-order valence-electron chi connectivity index (χ2n) is 4.84. The number of nitrogens with one attached hydrogen (secondary N) is 1. The van der Waals surface area contributed by atoms with E-state index in [1.165, 1.54) is 6.92 Å². The van der Waals surface area contributed by atoms with E-state index in [1.54, 1.807) is 39.8 Å². The van der Waals surface area contributed by atoms with Crippen molar-refractivity contribution in [1.82, 2.24) is 5.32 Å². The van der Waals surface area contributed by atoms with E-state index in [-0.39, 0.29) is 5.78 Å². The van der Waals surface area contributed by atoms with E-state index in [2.05, 4.69) is 11.9 Å². The SMILES string of the molecule is C=C/C=C(\C)C(NC(=O)OC(C)(C)C)C(C)=O. The summed E-state index contributed by atoms with van der Waals surface area (Å²) in [6.07, 6.45) is 2.65. The van der Waals surface area contributed by atoms with E-state index in [0.29, 0.717) is 0 Å². The van der Waals surface area contributed by atoms with Crippen LogP contribution in [0.15, 0.2) is 24.3 Å².